The average molecular weight is 414 g/mol. The third kappa shape index (κ3) is 4.33. The fourth-order valence-electron chi connectivity index (χ4n) is 3.35. The number of hydrogen-bond acceptors (Lipinski definition) is 5. The molecule has 0 fully saturated rings. The number of amides is 1. The van der Waals surface area contributed by atoms with E-state index in [1.165, 1.54) is 0 Å². The molecule has 3 aromatic carbocycles. The molecule has 31 heavy (non-hydrogen) atoms. The van der Waals surface area contributed by atoms with Crippen LogP contribution in [0.25, 0.3) is 22.2 Å². The normalized spacial score (nSPS) is 11.8. The predicted molar refractivity (Wildman–Crippen MR) is 117 cm³/mol. The molecule has 1 amide bonds. The molecule has 0 N–H and O–H groups in total. The van der Waals surface area contributed by atoms with Crippen LogP contribution in [0.3, 0.4) is 0 Å². The number of nitrogens with zero attached hydrogens (tertiary/aromatic N) is 2. The Balaban J connectivity index is 1.45. The first-order valence-corrected chi connectivity index (χ1v) is 9.97. The minimum Gasteiger partial charge on any atom is -0.452 e. The monoisotopic (exact) mass is 414 g/mol. The number of fused-ring (bicyclic) bond motifs is 1. The minimum absolute atomic E-state index is 0.130. The second kappa shape index (κ2) is 8.83. The van der Waals surface area contributed by atoms with Crippen molar-refractivity contribution in [2.75, 3.05) is 13.7 Å². The molecule has 0 aliphatic heterocycles. The van der Waals surface area contributed by atoms with Gasteiger partial charge in [-0.25, -0.2) is 4.79 Å². The fourth-order valence-corrected chi connectivity index (χ4v) is 3.35. The molecule has 1 atom stereocenters. The molecule has 0 aliphatic rings. The molecular formula is C25H22N2O4. The van der Waals surface area contributed by atoms with Gasteiger partial charge in [0.1, 0.15) is 5.52 Å². The zero-order valence-corrected chi connectivity index (χ0v) is 17.3. The molecule has 0 aliphatic carbocycles. The van der Waals surface area contributed by atoms with Crippen LogP contribution in [0.1, 0.15) is 28.9 Å². The molecule has 4 aromatic rings. The molecule has 156 valence electrons. The number of esters is 1. The van der Waals surface area contributed by atoms with Gasteiger partial charge in [0.05, 0.1) is 17.0 Å². The SMILES string of the molecule is CC(c1ccccc1)N(C)C(=O)COC(=O)c1ccc2noc(-c3ccccc3)c2c1. The summed E-state index contributed by atoms with van der Waals surface area (Å²) in [6, 6.07) is 24.1. The summed E-state index contributed by atoms with van der Waals surface area (Å²) in [5, 5.41) is 4.76. The van der Waals surface area contributed by atoms with Gasteiger partial charge in [0.15, 0.2) is 12.4 Å². The van der Waals surface area contributed by atoms with Gasteiger partial charge < -0.3 is 14.2 Å². The Morgan fingerprint density at radius 2 is 1.68 bits per heavy atom. The Morgan fingerprint density at radius 1 is 1.00 bits per heavy atom. The first kappa shape index (κ1) is 20.3. The van der Waals surface area contributed by atoms with Crippen molar-refractivity contribution in [3.63, 3.8) is 0 Å². The van der Waals surface area contributed by atoms with E-state index in [1.807, 2.05) is 67.6 Å². The largest absolute Gasteiger partial charge is 0.452 e. The Hall–Kier alpha value is -3.93. The van der Waals surface area contributed by atoms with Crippen molar-refractivity contribution < 1.29 is 18.8 Å². The van der Waals surface area contributed by atoms with E-state index in [9.17, 15) is 9.59 Å². The lowest BCUT2D eigenvalue weighted by atomic mass is 10.1. The van der Waals surface area contributed by atoms with Gasteiger partial charge in [-0.15, -0.1) is 0 Å². The van der Waals surface area contributed by atoms with Crippen molar-refractivity contribution in [3.8, 4) is 11.3 Å². The van der Waals surface area contributed by atoms with Gasteiger partial charge in [0.25, 0.3) is 5.91 Å². The molecule has 1 aromatic heterocycles. The Labute approximate surface area is 180 Å². The molecule has 0 saturated heterocycles. The molecule has 6 nitrogen and oxygen atoms in total. The van der Waals surface area contributed by atoms with Gasteiger partial charge >= 0.3 is 5.97 Å². The molecule has 0 radical (unpaired) electrons. The summed E-state index contributed by atoms with van der Waals surface area (Å²) in [5.41, 5.74) is 2.85. The van der Waals surface area contributed by atoms with Crippen LogP contribution in [0.4, 0.5) is 0 Å². The van der Waals surface area contributed by atoms with Crippen LogP contribution in [-0.4, -0.2) is 35.6 Å². The van der Waals surface area contributed by atoms with E-state index < -0.39 is 5.97 Å². The number of aromatic nitrogens is 1. The van der Waals surface area contributed by atoms with Gasteiger partial charge in [-0.2, -0.15) is 0 Å². The highest BCUT2D eigenvalue weighted by Crippen LogP contribution is 2.29. The lowest BCUT2D eigenvalue weighted by Crippen LogP contribution is -2.33. The Kier molecular flexibility index (Phi) is 5.80. The third-order valence-corrected chi connectivity index (χ3v) is 5.33. The van der Waals surface area contributed by atoms with E-state index in [-0.39, 0.29) is 18.6 Å². The maximum atomic E-state index is 12.6. The van der Waals surface area contributed by atoms with Crippen molar-refractivity contribution in [3.05, 3.63) is 90.0 Å². The number of rotatable bonds is 6. The first-order chi connectivity index (χ1) is 15.0. The minimum atomic E-state index is -0.573. The standard InChI is InChI=1S/C25H22N2O4/c1-17(18-9-5-3-6-10-18)27(2)23(28)16-30-25(29)20-13-14-22-21(15-20)24(31-26-22)19-11-7-4-8-12-19/h3-15,17H,16H2,1-2H3. The Bertz CT molecular complexity index is 1200. The van der Waals surface area contributed by atoms with Gasteiger partial charge in [0.2, 0.25) is 0 Å². The van der Waals surface area contributed by atoms with Crippen LogP contribution < -0.4 is 0 Å². The summed E-state index contributed by atoms with van der Waals surface area (Å²) in [5.74, 6) is -0.269. The second-order valence-electron chi connectivity index (χ2n) is 7.28. The maximum Gasteiger partial charge on any atom is 0.338 e. The lowest BCUT2D eigenvalue weighted by Gasteiger charge is -2.25. The number of hydrogen-bond donors (Lipinski definition) is 0. The molecule has 0 spiro atoms. The summed E-state index contributed by atoms with van der Waals surface area (Å²) >= 11 is 0. The molecule has 0 saturated carbocycles. The van der Waals surface area contributed by atoms with E-state index in [1.54, 1.807) is 30.1 Å². The molecule has 0 bridgehead atoms. The molecule has 1 unspecified atom stereocenters. The van der Waals surface area contributed by atoms with E-state index in [2.05, 4.69) is 5.16 Å². The van der Waals surface area contributed by atoms with Crippen LogP contribution in [0.2, 0.25) is 0 Å². The quantitative estimate of drug-likeness (QED) is 0.421. The lowest BCUT2D eigenvalue weighted by molar-refractivity contribution is -0.135. The first-order valence-electron chi connectivity index (χ1n) is 9.97. The van der Waals surface area contributed by atoms with Crippen LogP contribution in [-0.2, 0) is 9.53 Å². The summed E-state index contributed by atoms with van der Waals surface area (Å²) in [4.78, 5) is 26.7. The summed E-state index contributed by atoms with van der Waals surface area (Å²) in [7, 11) is 1.70. The van der Waals surface area contributed by atoms with Crippen molar-refractivity contribution in [1.82, 2.24) is 10.1 Å². The molecule has 6 heteroatoms. The smallest absolute Gasteiger partial charge is 0.338 e. The van der Waals surface area contributed by atoms with Crippen molar-refractivity contribution in [1.29, 1.82) is 0 Å². The number of carbonyl (C=O) groups is 2. The highest BCUT2D eigenvalue weighted by Gasteiger charge is 2.20. The highest BCUT2D eigenvalue weighted by molar-refractivity contribution is 5.99. The van der Waals surface area contributed by atoms with Crippen LogP contribution in [0.15, 0.2) is 83.4 Å². The predicted octanol–water partition coefficient (Wildman–Crippen LogP) is 4.87. The fraction of sp³-hybridized carbons (Fsp3) is 0.160. The highest BCUT2D eigenvalue weighted by atomic mass is 16.5. The molecule has 1 heterocycles. The average Bonchev–Trinajstić information content (AvgIpc) is 3.25. The third-order valence-electron chi connectivity index (χ3n) is 5.33. The van der Waals surface area contributed by atoms with Crippen molar-refractivity contribution >= 4 is 22.8 Å². The Morgan fingerprint density at radius 3 is 2.39 bits per heavy atom. The van der Waals surface area contributed by atoms with Crippen LogP contribution in [0.5, 0.6) is 0 Å². The van der Waals surface area contributed by atoms with E-state index in [4.69, 9.17) is 9.26 Å². The topological polar surface area (TPSA) is 72.6 Å². The van der Waals surface area contributed by atoms with Gasteiger partial charge in [-0.05, 0) is 30.7 Å². The zero-order valence-electron chi connectivity index (χ0n) is 17.3. The van der Waals surface area contributed by atoms with Crippen molar-refractivity contribution in [2.45, 2.75) is 13.0 Å². The van der Waals surface area contributed by atoms with Crippen LogP contribution >= 0.6 is 0 Å². The van der Waals surface area contributed by atoms with Crippen LogP contribution in [0, 0.1) is 0 Å². The summed E-state index contributed by atoms with van der Waals surface area (Å²) in [6.45, 7) is 1.60. The number of likely N-dealkylation sites (N-methyl/N-ethyl adjacent to an activating group) is 1. The number of benzene rings is 3. The molecular weight excluding hydrogens is 392 g/mol. The molecule has 4 rings (SSSR count). The van der Waals surface area contributed by atoms with Gasteiger partial charge in [-0.3, -0.25) is 4.79 Å². The summed E-state index contributed by atoms with van der Waals surface area (Å²) < 4.78 is 10.8. The second-order valence-corrected chi connectivity index (χ2v) is 7.28. The van der Waals surface area contributed by atoms with E-state index in [0.717, 1.165) is 11.1 Å². The van der Waals surface area contributed by atoms with Gasteiger partial charge in [-0.1, -0.05) is 65.8 Å². The number of ether oxygens (including phenoxy) is 1. The summed E-state index contributed by atoms with van der Waals surface area (Å²) in [6.07, 6.45) is 0. The van der Waals surface area contributed by atoms with E-state index >= 15 is 0 Å². The zero-order chi connectivity index (χ0) is 21.8. The maximum absolute atomic E-state index is 12.6. The number of carbonyl (C=O) groups excluding carboxylic acids is 2. The van der Waals surface area contributed by atoms with E-state index in [0.29, 0.717) is 22.2 Å². The van der Waals surface area contributed by atoms with Gasteiger partial charge in [0, 0.05) is 12.6 Å². The van der Waals surface area contributed by atoms with Crippen molar-refractivity contribution in [2.24, 2.45) is 0 Å².